The highest BCUT2D eigenvalue weighted by Crippen LogP contribution is 2.15. The lowest BCUT2D eigenvalue weighted by Crippen LogP contribution is -2.35. The van der Waals surface area contributed by atoms with Crippen LogP contribution in [0.5, 0.6) is 0 Å². The third-order valence-corrected chi connectivity index (χ3v) is 3.22. The summed E-state index contributed by atoms with van der Waals surface area (Å²) < 4.78 is 31.6. The molecule has 23 heavy (non-hydrogen) atoms. The summed E-state index contributed by atoms with van der Waals surface area (Å²) in [7, 11) is 0. The van der Waals surface area contributed by atoms with Gasteiger partial charge in [-0.3, -0.25) is 9.59 Å². The van der Waals surface area contributed by atoms with Crippen LogP contribution in [-0.2, 0) is 20.7 Å². The van der Waals surface area contributed by atoms with Crippen LogP contribution in [-0.4, -0.2) is 25.0 Å². The number of benzene rings is 1. The standard InChI is InChI=1S/C17H21F2NO3/c1-3-5-6-16(21)20-11-13(17(22)23-4-2)9-12-7-8-14(18)10-15(12)19/h3,7-8,10,13H,1,4-6,9,11H2,2H3,(H,20,21). The molecule has 0 aromatic heterocycles. The Bertz CT molecular complexity index is 561. The number of hydrogen-bond acceptors (Lipinski definition) is 3. The molecular formula is C17H21F2NO3. The molecule has 0 spiro atoms. The molecule has 126 valence electrons. The summed E-state index contributed by atoms with van der Waals surface area (Å²) in [6, 6.07) is 3.18. The summed E-state index contributed by atoms with van der Waals surface area (Å²) in [6.45, 7) is 5.41. The Morgan fingerprint density at radius 2 is 2.13 bits per heavy atom. The first kappa shape index (κ1) is 18.8. The van der Waals surface area contributed by atoms with Crippen molar-refractivity contribution >= 4 is 11.9 Å². The topological polar surface area (TPSA) is 55.4 Å². The number of allylic oxidation sites excluding steroid dienone is 1. The molecule has 1 rings (SSSR count). The second-order valence-electron chi connectivity index (χ2n) is 5.02. The normalized spacial score (nSPS) is 11.6. The molecule has 0 saturated carbocycles. The molecule has 4 nitrogen and oxygen atoms in total. The predicted octanol–water partition coefficient (Wildman–Crippen LogP) is 2.77. The van der Waals surface area contributed by atoms with Crippen molar-refractivity contribution in [3.63, 3.8) is 0 Å². The summed E-state index contributed by atoms with van der Waals surface area (Å²) >= 11 is 0. The summed E-state index contributed by atoms with van der Waals surface area (Å²) in [5, 5.41) is 2.62. The van der Waals surface area contributed by atoms with E-state index in [1.54, 1.807) is 13.0 Å². The van der Waals surface area contributed by atoms with Crippen LogP contribution in [0.1, 0.15) is 25.3 Å². The van der Waals surface area contributed by atoms with Crippen molar-refractivity contribution in [2.24, 2.45) is 5.92 Å². The van der Waals surface area contributed by atoms with Gasteiger partial charge in [-0.1, -0.05) is 12.1 Å². The second kappa shape index (κ2) is 9.71. The van der Waals surface area contributed by atoms with Gasteiger partial charge in [-0.15, -0.1) is 6.58 Å². The summed E-state index contributed by atoms with van der Waals surface area (Å²) in [4.78, 5) is 23.6. The van der Waals surface area contributed by atoms with Crippen LogP contribution >= 0.6 is 0 Å². The zero-order chi connectivity index (χ0) is 17.2. The molecule has 0 bridgehead atoms. The summed E-state index contributed by atoms with van der Waals surface area (Å²) in [5.41, 5.74) is 0.199. The lowest BCUT2D eigenvalue weighted by Gasteiger charge is -2.17. The van der Waals surface area contributed by atoms with Gasteiger partial charge in [-0.25, -0.2) is 8.78 Å². The van der Waals surface area contributed by atoms with Gasteiger partial charge >= 0.3 is 5.97 Å². The molecule has 0 heterocycles. The summed E-state index contributed by atoms with van der Waals surface area (Å²) in [6.07, 6.45) is 2.44. The molecule has 0 aliphatic carbocycles. The van der Waals surface area contributed by atoms with Crippen molar-refractivity contribution in [2.45, 2.75) is 26.2 Å². The Hall–Kier alpha value is -2.24. The SMILES string of the molecule is C=CCCC(=O)NCC(Cc1ccc(F)cc1F)C(=O)OCC. The minimum absolute atomic E-state index is 0.0205. The van der Waals surface area contributed by atoms with Crippen LogP contribution in [0.15, 0.2) is 30.9 Å². The van der Waals surface area contributed by atoms with E-state index < -0.39 is 23.5 Å². The van der Waals surface area contributed by atoms with E-state index in [0.29, 0.717) is 6.42 Å². The van der Waals surface area contributed by atoms with Crippen LogP contribution in [0.4, 0.5) is 8.78 Å². The third-order valence-electron chi connectivity index (χ3n) is 3.22. The average molecular weight is 325 g/mol. The van der Waals surface area contributed by atoms with Crippen molar-refractivity contribution in [3.05, 3.63) is 48.1 Å². The van der Waals surface area contributed by atoms with Crippen LogP contribution in [0.2, 0.25) is 0 Å². The molecule has 1 amide bonds. The first-order valence-corrected chi connectivity index (χ1v) is 7.46. The predicted molar refractivity (Wildman–Crippen MR) is 82.6 cm³/mol. The van der Waals surface area contributed by atoms with E-state index in [9.17, 15) is 18.4 Å². The minimum Gasteiger partial charge on any atom is -0.466 e. The highest BCUT2D eigenvalue weighted by molar-refractivity contribution is 5.78. The van der Waals surface area contributed by atoms with Gasteiger partial charge in [0.1, 0.15) is 11.6 Å². The van der Waals surface area contributed by atoms with Crippen LogP contribution in [0.3, 0.4) is 0 Å². The number of ether oxygens (including phenoxy) is 1. The smallest absolute Gasteiger partial charge is 0.311 e. The molecule has 0 aliphatic rings. The molecule has 0 saturated heterocycles. The Balaban J connectivity index is 2.74. The number of amides is 1. The average Bonchev–Trinajstić information content (AvgIpc) is 2.51. The molecule has 1 aromatic rings. The number of carbonyl (C=O) groups excluding carboxylic acids is 2. The molecule has 1 aromatic carbocycles. The van der Waals surface area contributed by atoms with Gasteiger partial charge in [-0.05, 0) is 31.4 Å². The van der Waals surface area contributed by atoms with Gasteiger partial charge < -0.3 is 10.1 Å². The first-order valence-electron chi connectivity index (χ1n) is 7.46. The number of esters is 1. The van der Waals surface area contributed by atoms with E-state index in [2.05, 4.69) is 11.9 Å². The summed E-state index contributed by atoms with van der Waals surface area (Å²) in [5.74, 6) is -2.89. The maximum atomic E-state index is 13.7. The maximum Gasteiger partial charge on any atom is 0.311 e. The number of rotatable bonds is 9. The van der Waals surface area contributed by atoms with E-state index in [1.165, 1.54) is 6.07 Å². The van der Waals surface area contributed by atoms with Gasteiger partial charge in [0.2, 0.25) is 5.91 Å². The molecule has 0 aliphatic heterocycles. The van der Waals surface area contributed by atoms with Gasteiger partial charge in [0.25, 0.3) is 0 Å². The second-order valence-corrected chi connectivity index (χ2v) is 5.02. The number of nitrogens with one attached hydrogen (secondary N) is 1. The lowest BCUT2D eigenvalue weighted by atomic mass is 9.98. The number of halogens is 2. The van der Waals surface area contributed by atoms with E-state index >= 15 is 0 Å². The van der Waals surface area contributed by atoms with Crippen LogP contribution in [0, 0.1) is 17.6 Å². The molecule has 1 atom stereocenters. The van der Waals surface area contributed by atoms with E-state index in [4.69, 9.17) is 4.74 Å². The van der Waals surface area contributed by atoms with Gasteiger partial charge in [0.05, 0.1) is 12.5 Å². The number of hydrogen-bond donors (Lipinski definition) is 1. The minimum atomic E-state index is -0.734. The fourth-order valence-electron chi connectivity index (χ4n) is 2.01. The quantitative estimate of drug-likeness (QED) is 0.561. The first-order chi connectivity index (χ1) is 11.0. The van der Waals surface area contributed by atoms with E-state index in [-0.39, 0.29) is 37.5 Å². The van der Waals surface area contributed by atoms with E-state index in [0.717, 1.165) is 12.1 Å². The Morgan fingerprint density at radius 3 is 2.74 bits per heavy atom. The number of carbonyl (C=O) groups is 2. The largest absolute Gasteiger partial charge is 0.466 e. The fraction of sp³-hybridized carbons (Fsp3) is 0.412. The Labute approximate surface area is 134 Å². The Morgan fingerprint density at radius 1 is 1.39 bits per heavy atom. The highest BCUT2D eigenvalue weighted by Gasteiger charge is 2.22. The monoisotopic (exact) mass is 325 g/mol. The van der Waals surface area contributed by atoms with Gasteiger partial charge in [-0.2, -0.15) is 0 Å². The fourth-order valence-corrected chi connectivity index (χ4v) is 2.01. The van der Waals surface area contributed by atoms with Crippen LogP contribution < -0.4 is 5.32 Å². The highest BCUT2D eigenvalue weighted by atomic mass is 19.1. The molecular weight excluding hydrogens is 304 g/mol. The zero-order valence-electron chi connectivity index (χ0n) is 13.1. The van der Waals surface area contributed by atoms with Crippen molar-refractivity contribution in [2.75, 3.05) is 13.2 Å². The van der Waals surface area contributed by atoms with Crippen molar-refractivity contribution in [3.8, 4) is 0 Å². The maximum absolute atomic E-state index is 13.7. The van der Waals surface area contributed by atoms with Crippen molar-refractivity contribution < 1.29 is 23.1 Å². The van der Waals surface area contributed by atoms with Gasteiger partial charge in [0, 0.05) is 19.0 Å². The van der Waals surface area contributed by atoms with E-state index in [1.807, 2.05) is 0 Å². The molecule has 6 heteroatoms. The molecule has 1 unspecified atom stereocenters. The third kappa shape index (κ3) is 6.59. The zero-order valence-corrected chi connectivity index (χ0v) is 13.1. The molecule has 0 radical (unpaired) electrons. The Kier molecular flexibility index (Phi) is 7.94. The lowest BCUT2D eigenvalue weighted by molar-refractivity contribution is -0.147. The van der Waals surface area contributed by atoms with Crippen LogP contribution in [0.25, 0.3) is 0 Å². The van der Waals surface area contributed by atoms with Crippen molar-refractivity contribution in [1.29, 1.82) is 0 Å². The van der Waals surface area contributed by atoms with Gasteiger partial charge in [0.15, 0.2) is 0 Å². The molecule has 0 fully saturated rings. The molecule has 1 N–H and O–H groups in total. The van der Waals surface area contributed by atoms with Crippen molar-refractivity contribution in [1.82, 2.24) is 5.32 Å².